The fraction of sp³-hybridized carbons (Fsp3) is 0.273. The highest BCUT2D eigenvalue weighted by Gasteiger charge is 2.31. The number of nitrogens with zero attached hydrogens (tertiary/aromatic N) is 4. The minimum atomic E-state index is -0.0938. The second-order valence-corrected chi connectivity index (χ2v) is 7.58. The molecule has 0 radical (unpaired) electrons. The smallest absolute Gasteiger partial charge is 0.208 e. The molecule has 1 aliphatic heterocycles. The van der Waals surface area contributed by atoms with Gasteiger partial charge >= 0.3 is 0 Å². The van der Waals surface area contributed by atoms with Crippen LogP contribution in [0.1, 0.15) is 31.7 Å². The number of halogens is 1. The number of hydrogen-bond donors (Lipinski definition) is 3. The van der Waals surface area contributed by atoms with Crippen LogP contribution in [0, 0.1) is 0 Å². The Kier molecular flexibility index (Phi) is 6.32. The second kappa shape index (κ2) is 9.30. The van der Waals surface area contributed by atoms with Crippen LogP contribution < -0.4 is 4.90 Å². The summed E-state index contributed by atoms with van der Waals surface area (Å²) in [7, 11) is 0. The fourth-order valence-corrected chi connectivity index (χ4v) is 3.96. The van der Waals surface area contributed by atoms with Gasteiger partial charge in [-0.3, -0.25) is 4.90 Å². The molecule has 1 aromatic heterocycles. The number of amidine groups is 1. The van der Waals surface area contributed by atoms with Crippen LogP contribution >= 0.6 is 11.6 Å². The average Bonchev–Trinajstić information content (AvgIpc) is 3.41. The van der Waals surface area contributed by atoms with Crippen LogP contribution in [0.5, 0.6) is 0 Å². The largest absolute Gasteiger partial charge is 0.386 e. The van der Waals surface area contributed by atoms with Gasteiger partial charge in [-0.2, -0.15) is 10.2 Å². The molecule has 0 fully saturated rings. The minimum Gasteiger partial charge on any atom is -0.386 e. The molecule has 1 aliphatic rings. The first-order valence-corrected chi connectivity index (χ1v) is 10.4. The summed E-state index contributed by atoms with van der Waals surface area (Å²) in [5.41, 5.74) is 4.94. The Labute approximate surface area is 180 Å². The van der Waals surface area contributed by atoms with Gasteiger partial charge in [-0.15, -0.1) is 10.2 Å². The maximum atomic E-state index is 9.79. The zero-order valence-electron chi connectivity index (χ0n) is 16.8. The minimum absolute atomic E-state index is 0.0938. The zero-order valence-corrected chi connectivity index (χ0v) is 17.5. The number of benzene rings is 2. The van der Waals surface area contributed by atoms with Crippen LogP contribution in [-0.4, -0.2) is 38.2 Å². The number of nitrogens with one attached hydrogen (secondary N) is 2. The van der Waals surface area contributed by atoms with E-state index in [1.54, 1.807) is 0 Å². The van der Waals surface area contributed by atoms with E-state index in [2.05, 4.69) is 56.8 Å². The topological polar surface area (TPSA) is 91.5 Å². The molecule has 1 atom stereocenters. The maximum Gasteiger partial charge on any atom is 0.208 e. The van der Waals surface area contributed by atoms with Crippen LogP contribution in [0.4, 0.5) is 0 Å². The SMILES string of the molecule is CCCCC1=NC(Cl)=C(CO)[NH+]1Cc1ccc(-c2ccccc2-c2nn[nH]n2)cc1. The van der Waals surface area contributed by atoms with Crippen LogP contribution in [-0.2, 0) is 6.54 Å². The molecule has 3 aromatic rings. The van der Waals surface area contributed by atoms with E-state index < -0.39 is 0 Å². The Hall–Kier alpha value is -2.87. The summed E-state index contributed by atoms with van der Waals surface area (Å²) in [4.78, 5) is 5.55. The Bertz CT molecular complexity index is 1060. The number of rotatable bonds is 8. The Balaban J connectivity index is 1.57. The number of aromatic amines is 1. The number of aliphatic imine (C=N–C) groups is 1. The van der Waals surface area contributed by atoms with Gasteiger partial charge in [0.25, 0.3) is 0 Å². The van der Waals surface area contributed by atoms with E-state index in [1.807, 2.05) is 24.3 Å². The second-order valence-electron chi connectivity index (χ2n) is 7.22. The lowest BCUT2D eigenvalue weighted by molar-refractivity contribution is -0.779. The van der Waals surface area contributed by atoms with Crippen LogP contribution in [0.2, 0.25) is 0 Å². The predicted molar refractivity (Wildman–Crippen MR) is 117 cm³/mol. The van der Waals surface area contributed by atoms with E-state index in [0.29, 0.717) is 17.5 Å². The number of quaternary nitrogens is 1. The summed E-state index contributed by atoms with van der Waals surface area (Å²) in [6.45, 7) is 2.76. The number of unbranched alkanes of at least 4 members (excludes halogenated alkanes) is 1. The molecule has 0 aliphatic carbocycles. The number of aliphatic hydroxyl groups excluding tert-OH is 1. The Morgan fingerprint density at radius 3 is 2.50 bits per heavy atom. The van der Waals surface area contributed by atoms with Crippen molar-refractivity contribution in [2.24, 2.45) is 4.99 Å². The van der Waals surface area contributed by atoms with Gasteiger partial charge in [-0.25, -0.2) is 0 Å². The van der Waals surface area contributed by atoms with Crippen molar-refractivity contribution in [3.63, 3.8) is 0 Å². The highest BCUT2D eigenvalue weighted by atomic mass is 35.5. The van der Waals surface area contributed by atoms with E-state index in [0.717, 1.165) is 57.9 Å². The maximum absolute atomic E-state index is 9.79. The van der Waals surface area contributed by atoms with Gasteiger partial charge < -0.3 is 5.11 Å². The number of tetrazole rings is 1. The molecule has 7 nitrogen and oxygen atoms in total. The lowest BCUT2D eigenvalue weighted by Gasteiger charge is -2.17. The van der Waals surface area contributed by atoms with Gasteiger partial charge in [0, 0.05) is 17.5 Å². The summed E-state index contributed by atoms with van der Waals surface area (Å²) in [5, 5.41) is 24.6. The fourth-order valence-electron chi connectivity index (χ4n) is 3.68. The lowest BCUT2D eigenvalue weighted by atomic mass is 9.98. The summed E-state index contributed by atoms with van der Waals surface area (Å²) in [5.74, 6) is 1.57. The molecule has 0 saturated carbocycles. The van der Waals surface area contributed by atoms with Crippen LogP contribution in [0.25, 0.3) is 22.5 Å². The monoisotopic (exact) mass is 423 g/mol. The molecule has 4 rings (SSSR count). The van der Waals surface area contributed by atoms with E-state index in [-0.39, 0.29) is 6.61 Å². The molecule has 3 N–H and O–H groups in total. The van der Waals surface area contributed by atoms with E-state index in [1.165, 1.54) is 0 Å². The van der Waals surface area contributed by atoms with E-state index in [4.69, 9.17) is 11.6 Å². The molecule has 2 heterocycles. The quantitative estimate of drug-likeness (QED) is 0.486. The van der Waals surface area contributed by atoms with E-state index in [9.17, 15) is 5.11 Å². The molecule has 0 amide bonds. The number of H-pyrrole nitrogens is 1. The molecule has 30 heavy (non-hydrogen) atoms. The average molecular weight is 424 g/mol. The first-order chi connectivity index (χ1) is 14.7. The lowest BCUT2D eigenvalue weighted by Crippen LogP contribution is -3.11. The molecule has 8 heteroatoms. The van der Waals surface area contributed by atoms with Gasteiger partial charge in [0.2, 0.25) is 11.7 Å². The highest BCUT2D eigenvalue weighted by Crippen LogP contribution is 2.29. The first-order valence-electron chi connectivity index (χ1n) is 10.1. The van der Waals surface area contributed by atoms with Crippen molar-refractivity contribution in [3.05, 3.63) is 64.9 Å². The zero-order chi connectivity index (χ0) is 20.9. The normalized spacial score (nSPS) is 16.2. The van der Waals surface area contributed by atoms with Crippen LogP contribution in [0.15, 0.2) is 64.4 Å². The summed E-state index contributed by atoms with van der Waals surface area (Å²) in [6.07, 6.45) is 3.02. The molecule has 154 valence electrons. The molecule has 0 spiro atoms. The summed E-state index contributed by atoms with van der Waals surface area (Å²) in [6, 6.07) is 16.4. The highest BCUT2D eigenvalue weighted by molar-refractivity contribution is 6.30. The predicted octanol–water partition coefficient (Wildman–Crippen LogP) is 2.92. The first kappa shape index (κ1) is 20.4. The van der Waals surface area contributed by atoms with Crippen molar-refractivity contribution >= 4 is 17.4 Å². The third kappa shape index (κ3) is 4.18. The van der Waals surface area contributed by atoms with Gasteiger partial charge in [0.05, 0.1) is 0 Å². The van der Waals surface area contributed by atoms with Crippen LogP contribution in [0.3, 0.4) is 0 Å². The van der Waals surface area contributed by atoms with Gasteiger partial charge in [-0.05, 0) is 22.8 Å². The summed E-state index contributed by atoms with van der Waals surface area (Å²) < 4.78 is 0. The van der Waals surface area contributed by atoms with E-state index >= 15 is 0 Å². The Morgan fingerprint density at radius 2 is 1.83 bits per heavy atom. The molecule has 0 saturated heterocycles. The number of hydrogen-bond acceptors (Lipinski definition) is 5. The number of aliphatic hydroxyl groups is 1. The van der Waals surface area contributed by atoms with Gasteiger partial charge in [-0.1, -0.05) is 73.5 Å². The van der Waals surface area contributed by atoms with Crippen molar-refractivity contribution in [2.45, 2.75) is 32.7 Å². The van der Waals surface area contributed by atoms with Crippen molar-refractivity contribution in [1.29, 1.82) is 0 Å². The standard InChI is InChI=1S/C22H23ClN6O/c1-2-3-8-20-24-21(23)19(14-30)29(20)13-15-9-11-16(12-10-15)17-6-4-5-7-18(17)22-25-27-28-26-22/h4-7,9-12,30H,2-3,8,13-14H2,1H3,(H,25,26,27,28)/p+1. The third-order valence-corrected chi connectivity index (χ3v) is 5.59. The molecule has 2 aromatic carbocycles. The molecular weight excluding hydrogens is 400 g/mol. The van der Waals surface area contributed by atoms with Crippen molar-refractivity contribution < 1.29 is 10.0 Å². The number of aromatic nitrogens is 4. The van der Waals surface area contributed by atoms with Gasteiger partial charge in [0.1, 0.15) is 13.2 Å². The molecular formula is C22H24ClN6O+. The Morgan fingerprint density at radius 1 is 1.07 bits per heavy atom. The van der Waals surface area contributed by atoms with Gasteiger partial charge in [0.15, 0.2) is 10.9 Å². The third-order valence-electron chi connectivity index (χ3n) is 5.28. The summed E-state index contributed by atoms with van der Waals surface area (Å²) >= 11 is 6.28. The van der Waals surface area contributed by atoms with Crippen molar-refractivity contribution in [3.8, 4) is 22.5 Å². The van der Waals surface area contributed by atoms with Crippen molar-refractivity contribution in [2.75, 3.05) is 6.61 Å². The molecule has 0 bridgehead atoms. The molecule has 1 unspecified atom stereocenters. The van der Waals surface area contributed by atoms with Crippen molar-refractivity contribution in [1.82, 2.24) is 20.6 Å².